The Kier molecular flexibility index (Phi) is 5.00. The summed E-state index contributed by atoms with van der Waals surface area (Å²) in [4.78, 5) is 16.7. The van der Waals surface area contributed by atoms with Crippen molar-refractivity contribution in [3.63, 3.8) is 0 Å². The van der Waals surface area contributed by atoms with E-state index in [4.69, 9.17) is 11.6 Å². The number of rotatable bonds is 4. The third-order valence-corrected chi connectivity index (χ3v) is 5.53. The predicted molar refractivity (Wildman–Crippen MR) is 103 cm³/mol. The number of halogens is 2. The minimum absolute atomic E-state index is 0.0305. The molecule has 27 heavy (non-hydrogen) atoms. The monoisotopic (exact) mass is 388 g/mol. The number of piperazine rings is 1. The molecule has 2 fully saturated rings. The lowest BCUT2D eigenvalue weighted by atomic mass is 10.0. The molecule has 1 saturated carbocycles. The highest BCUT2D eigenvalue weighted by molar-refractivity contribution is 6.29. The predicted octanol–water partition coefficient (Wildman–Crippen LogP) is 3.43. The summed E-state index contributed by atoms with van der Waals surface area (Å²) in [6.45, 7) is 3.98. The lowest BCUT2D eigenvalue weighted by Gasteiger charge is -2.40. The number of hydrogen-bond acceptors (Lipinski definition) is 4. The minimum Gasteiger partial charge on any atom is -0.351 e. The van der Waals surface area contributed by atoms with Crippen LogP contribution in [0.2, 0.25) is 5.15 Å². The van der Waals surface area contributed by atoms with E-state index in [-0.39, 0.29) is 24.2 Å². The van der Waals surface area contributed by atoms with E-state index < -0.39 is 0 Å². The van der Waals surface area contributed by atoms with Gasteiger partial charge in [0.2, 0.25) is 5.91 Å². The van der Waals surface area contributed by atoms with Crippen LogP contribution in [-0.4, -0.2) is 46.7 Å². The molecule has 0 bridgehead atoms. The molecule has 1 atom stereocenters. The fourth-order valence-electron chi connectivity index (χ4n) is 3.70. The average molecular weight is 389 g/mol. The molecular formula is C20H22ClFN4O. The summed E-state index contributed by atoms with van der Waals surface area (Å²) in [5, 5.41) is 8.35. The Hall–Kier alpha value is -2.21. The molecule has 2 aromatic rings. The maximum absolute atomic E-state index is 14.2. The Morgan fingerprint density at radius 2 is 2.04 bits per heavy atom. The van der Waals surface area contributed by atoms with Crippen molar-refractivity contribution in [2.75, 3.05) is 24.5 Å². The molecule has 1 saturated heterocycles. The first-order chi connectivity index (χ1) is 13.0. The first-order valence-electron chi connectivity index (χ1n) is 9.33. The minimum atomic E-state index is -0.179. The summed E-state index contributed by atoms with van der Waals surface area (Å²) in [7, 11) is 0. The van der Waals surface area contributed by atoms with E-state index in [1.54, 1.807) is 6.07 Å². The molecule has 5 nitrogen and oxygen atoms in total. The topological polar surface area (TPSA) is 49.3 Å². The lowest BCUT2D eigenvalue weighted by molar-refractivity contribution is -0.132. The Labute approximate surface area is 163 Å². The van der Waals surface area contributed by atoms with E-state index in [1.807, 2.05) is 30.0 Å². The summed E-state index contributed by atoms with van der Waals surface area (Å²) < 4.78 is 14.2. The largest absolute Gasteiger partial charge is 0.351 e. The number of carbonyl (C=O) groups excluding carboxylic acids is 1. The van der Waals surface area contributed by atoms with Crippen molar-refractivity contribution in [1.29, 1.82) is 0 Å². The van der Waals surface area contributed by atoms with Gasteiger partial charge in [0.1, 0.15) is 5.82 Å². The van der Waals surface area contributed by atoms with Gasteiger partial charge < -0.3 is 9.80 Å². The second-order valence-electron chi connectivity index (χ2n) is 7.40. The molecule has 0 unspecified atom stereocenters. The zero-order valence-corrected chi connectivity index (χ0v) is 16.0. The molecule has 1 aliphatic heterocycles. The number of benzene rings is 1. The van der Waals surface area contributed by atoms with Crippen molar-refractivity contribution in [3.8, 4) is 0 Å². The normalized spacial score (nSPS) is 20.0. The second kappa shape index (κ2) is 7.43. The van der Waals surface area contributed by atoms with E-state index in [9.17, 15) is 9.18 Å². The van der Waals surface area contributed by atoms with Crippen molar-refractivity contribution in [2.45, 2.75) is 38.1 Å². The number of anilines is 1. The molecule has 4 rings (SSSR count). The lowest BCUT2D eigenvalue weighted by Crippen LogP contribution is -2.54. The molecule has 1 aromatic carbocycles. The molecule has 7 heteroatoms. The van der Waals surface area contributed by atoms with Gasteiger partial charge in [-0.3, -0.25) is 4.79 Å². The smallest absolute Gasteiger partial charge is 0.227 e. The molecular weight excluding hydrogens is 367 g/mol. The molecule has 2 heterocycles. The van der Waals surface area contributed by atoms with Crippen LogP contribution < -0.4 is 4.90 Å². The highest BCUT2D eigenvalue weighted by atomic mass is 35.5. The number of aromatic nitrogens is 2. The van der Waals surface area contributed by atoms with E-state index in [2.05, 4.69) is 15.1 Å². The summed E-state index contributed by atoms with van der Waals surface area (Å²) in [6, 6.07) is 8.85. The summed E-state index contributed by atoms with van der Waals surface area (Å²) in [5.41, 5.74) is 1.53. The van der Waals surface area contributed by atoms with Gasteiger partial charge >= 0.3 is 0 Å². The van der Waals surface area contributed by atoms with E-state index in [1.165, 1.54) is 6.07 Å². The Bertz CT molecular complexity index is 840. The molecule has 142 valence electrons. The van der Waals surface area contributed by atoms with Crippen molar-refractivity contribution >= 4 is 23.3 Å². The van der Waals surface area contributed by atoms with Gasteiger partial charge in [0.05, 0.1) is 6.42 Å². The van der Waals surface area contributed by atoms with E-state index in [0.717, 1.165) is 29.8 Å². The van der Waals surface area contributed by atoms with Crippen LogP contribution >= 0.6 is 11.6 Å². The van der Waals surface area contributed by atoms with Gasteiger partial charge in [-0.1, -0.05) is 23.7 Å². The quantitative estimate of drug-likeness (QED) is 0.805. The molecule has 1 amide bonds. The summed E-state index contributed by atoms with van der Waals surface area (Å²) >= 11 is 5.79. The third-order valence-electron chi connectivity index (χ3n) is 5.33. The molecule has 0 N–H and O–H groups in total. The maximum Gasteiger partial charge on any atom is 0.227 e. The van der Waals surface area contributed by atoms with Crippen molar-refractivity contribution in [1.82, 2.24) is 15.1 Å². The van der Waals surface area contributed by atoms with Crippen LogP contribution in [-0.2, 0) is 11.2 Å². The average Bonchev–Trinajstić information content (AvgIpc) is 3.47. The van der Waals surface area contributed by atoms with Gasteiger partial charge in [0.25, 0.3) is 0 Å². The van der Waals surface area contributed by atoms with Crippen molar-refractivity contribution < 1.29 is 9.18 Å². The van der Waals surface area contributed by atoms with Gasteiger partial charge in [-0.15, -0.1) is 10.2 Å². The highest BCUT2D eigenvalue weighted by Gasteiger charge is 2.29. The summed E-state index contributed by atoms with van der Waals surface area (Å²) in [5.74, 6) is 0.986. The van der Waals surface area contributed by atoms with Crippen LogP contribution in [0, 0.1) is 5.82 Å². The van der Waals surface area contributed by atoms with Crippen LogP contribution in [0.25, 0.3) is 0 Å². The molecule has 1 aliphatic carbocycles. The van der Waals surface area contributed by atoms with Crippen LogP contribution in [0.3, 0.4) is 0 Å². The number of nitrogens with zero attached hydrogens (tertiary/aromatic N) is 4. The van der Waals surface area contributed by atoms with E-state index >= 15 is 0 Å². The molecule has 0 spiro atoms. The molecule has 1 aromatic heterocycles. The fraction of sp³-hybridized carbons (Fsp3) is 0.450. The van der Waals surface area contributed by atoms with Gasteiger partial charge in [-0.05, 0) is 55.0 Å². The number of carbonyl (C=O) groups is 1. The summed E-state index contributed by atoms with van der Waals surface area (Å²) in [6.07, 6.45) is 2.36. The van der Waals surface area contributed by atoms with Gasteiger partial charge in [0, 0.05) is 25.7 Å². The van der Waals surface area contributed by atoms with E-state index in [0.29, 0.717) is 30.7 Å². The molecule has 0 radical (unpaired) electrons. The van der Waals surface area contributed by atoms with Gasteiger partial charge in [-0.2, -0.15) is 0 Å². The molecule has 2 aliphatic rings. The highest BCUT2D eigenvalue weighted by Crippen LogP contribution is 2.41. The van der Waals surface area contributed by atoms with Crippen LogP contribution in [0.5, 0.6) is 0 Å². The second-order valence-corrected chi connectivity index (χ2v) is 7.79. The number of hydrogen-bond donors (Lipinski definition) is 0. The zero-order valence-electron chi connectivity index (χ0n) is 15.2. The maximum atomic E-state index is 14.2. The first-order valence-corrected chi connectivity index (χ1v) is 9.71. The SMILES string of the molecule is C[C@H]1CN(c2ccc(Cl)nn2)CCN1C(=O)Cc1ccc(C2CC2)c(F)c1. The van der Waals surface area contributed by atoms with Crippen molar-refractivity contribution in [2.24, 2.45) is 0 Å². The van der Waals surface area contributed by atoms with Gasteiger partial charge in [-0.25, -0.2) is 4.39 Å². The Balaban J connectivity index is 1.38. The third kappa shape index (κ3) is 4.05. The van der Waals surface area contributed by atoms with Crippen LogP contribution in [0.4, 0.5) is 10.2 Å². The Morgan fingerprint density at radius 1 is 1.22 bits per heavy atom. The zero-order chi connectivity index (χ0) is 19.0. The van der Waals surface area contributed by atoms with Crippen LogP contribution in [0.15, 0.2) is 30.3 Å². The standard InChI is InChI=1S/C20H22ClFN4O/c1-13-12-25(19-7-6-18(21)23-24-19)8-9-26(13)20(27)11-14-2-5-16(15-3-4-15)17(22)10-14/h2,5-7,10,13,15H,3-4,8-9,11-12H2,1H3/t13-/m0/s1. The Morgan fingerprint density at radius 3 is 2.67 bits per heavy atom. The number of amides is 1. The van der Waals surface area contributed by atoms with Crippen LogP contribution in [0.1, 0.15) is 36.8 Å². The fourth-order valence-corrected chi connectivity index (χ4v) is 3.80. The van der Waals surface area contributed by atoms with Crippen molar-refractivity contribution in [3.05, 3.63) is 52.4 Å². The first kappa shape index (κ1) is 18.2. The van der Waals surface area contributed by atoms with Gasteiger partial charge in [0.15, 0.2) is 11.0 Å².